The van der Waals surface area contributed by atoms with E-state index < -0.39 is 9.84 Å². The Morgan fingerprint density at radius 1 is 1.38 bits per heavy atom. The average Bonchev–Trinajstić information content (AvgIpc) is 3.28. The maximum Gasteiger partial charge on any atom is 0.227 e. The van der Waals surface area contributed by atoms with Crippen molar-refractivity contribution in [3.63, 3.8) is 0 Å². The number of hydrogen-bond acceptors (Lipinski definition) is 6. The summed E-state index contributed by atoms with van der Waals surface area (Å²) in [5.41, 5.74) is 0.804. The molecule has 0 radical (unpaired) electrons. The van der Waals surface area contributed by atoms with Crippen molar-refractivity contribution in [1.29, 1.82) is 0 Å². The van der Waals surface area contributed by atoms with E-state index in [4.69, 9.17) is 9.15 Å². The van der Waals surface area contributed by atoms with Gasteiger partial charge in [-0.15, -0.1) is 5.92 Å². The van der Waals surface area contributed by atoms with E-state index in [0.717, 1.165) is 11.5 Å². The van der Waals surface area contributed by atoms with E-state index in [9.17, 15) is 8.42 Å². The largest absolute Gasteiger partial charge is 0.468 e. The molecule has 0 aromatic carbocycles. The molecule has 0 amide bonds. The van der Waals surface area contributed by atoms with Gasteiger partial charge in [-0.25, -0.2) is 13.4 Å². The zero-order chi connectivity index (χ0) is 19.0. The summed E-state index contributed by atoms with van der Waals surface area (Å²) in [6.45, 7) is 5.86. The van der Waals surface area contributed by atoms with E-state index in [2.05, 4.69) is 21.7 Å². The van der Waals surface area contributed by atoms with Crippen molar-refractivity contribution < 1.29 is 17.6 Å². The minimum Gasteiger partial charge on any atom is -0.468 e. The first-order chi connectivity index (χ1) is 12.5. The van der Waals surface area contributed by atoms with Crippen molar-refractivity contribution in [2.45, 2.75) is 38.6 Å². The standard InChI is InChI=1S/C18H25N3O4S/c1-4-6-9-20(15-17-8-7-11-25-17)14-16-13-19-18(26(22,23)5-2)21(16)10-12-24-3/h7-8,11,13H,5,9-10,12,14-15H2,1-3H3. The SMILES string of the molecule is CC#CCN(Cc1ccco1)Cc1cnc(S(=O)(=O)CC)n1CCOC. The zero-order valence-corrected chi connectivity index (χ0v) is 16.3. The van der Waals surface area contributed by atoms with Crippen LogP contribution in [-0.2, 0) is 34.2 Å². The summed E-state index contributed by atoms with van der Waals surface area (Å²) < 4.78 is 37.0. The first-order valence-electron chi connectivity index (χ1n) is 8.42. The third-order valence-corrected chi connectivity index (χ3v) is 5.55. The number of sulfone groups is 1. The maximum atomic E-state index is 12.3. The van der Waals surface area contributed by atoms with Crippen molar-refractivity contribution in [3.05, 3.63) is 36.0 Å². The first kappa shape index (κ1) is 20.2. The van der Waals surface area contributed by atoms with Crippen LogP contribution in [0.4, 0.5) is 0 Å². The van der Waals surface area contributed by atoms with Crippen LogP contribution in [0, 0.1) is 11.8 Å². The molecule has 0 spiro atoms. The van der Waals surface area contributed by atoms with Gasteiger partial charge in [0.25, 0.3) is 0 Å². The van der Waals surface area contributed by atoms with Gasteiger partial charge in [0.15, 0.2) is 0 Å². The quantitative estimate of drug-likeness (QED) is 0.587. The fraction of sp³-hybridized carbons (Fsp3) is 0.500. The molecular formula is C18H25N3O4S. The van der Waals surface area contributed by atoms with Gasteiger partial charge in [0.2, 0.25) is 15.0 Å². The third-order valence-electron chi connectivity index (χ3n) is 3.90. The normalized spacial score (nSPS) is 11.5. The lowest BCUT2D eigenvalue weighted by molar-refractivity contribution is 0.181. The highest BCUT2D eigenvalue weighted by atomic mass is 32.2. The molecule has 0 atom stereocenters. The zero-order valence-electron chi connectivity index (χ0n) is 15.4. The number of ether oxygens (including phenoxy) is 1. The van der Waals surface area contributed by atoms with Crippen molar-refractivity contribution in [1.82, 2.24) is 14.5 Å². The Morgan fingerprint density at radius 2 is 2.19 bits per heavy atom. The van der Waals surface area contributed by atoms with Crippen molar-refractivity contribution in [3.8, 4) is 11.8 Å². The van der Waals surface area contributed by atoms with Crippen molar-refractivity contribution >= 4 is 9.84 Å². The van der Waals surface area contributed by atoms with Gasteiger partial charge in [-0.2, -0.15) is 0 Å². The van der Waals surface area contributed by atoms with Crippen LogP contribution >= 0.6 is 0 Å². The van der Waals surface area contributed by atoms with Crippen LogP contribution in [0.1, 0.15) is 25.3 Å². The Hall–Kier alpha value is -2.08. The fourth-order valence-electron chi connectivity index (χ4n) is 2.53. The summed E-state index contributed by atoms with van der Waals surface area (Å²) >= 11 is 0. The smallest absolute Gasteiger partial charge is 0.227 e. The summed E-state index contributed by atoms with van der Waals surface area (Å²) in [5.74, 6) is 6.78. The number of imidazole rings is 1. The highest BCUT2D eigenvalue weighted by Gasteiger charge is 2.22. The lowest BCUT2D eigenvalue weighted by Gasteiger charge is -2.20. The van der Waals surface area contributed by atoms with Crippen LogP contribution in [0.2, 0.25) is 0 Å². The molecule has 0 bridgehead atoms. The van der Waals surface area contributed by atoms with E-state index in [1.54, 1.807) is 38.0 Å². The van der Waals surface area contributed by atoms with Crippen LogP contribution in [0.5, 0.6) is 0 Å². The van der Waals surface area contributed by atoms with E-state index in [1.165, 1.54) is 0 Å². The second kappa shape index (κ2) is 9.57. The minimum absolute atomic E-state index is 0.00779. The van der Waals surface area contributed by atoms with Gasteiger partial charge in [-0.05, 0) is 19.1 Å². The Balaban J connectivity index is 2.29. The van der Waals surface area contributed by atoms with Gasteiger partial charge < -0.3 is 13.7 Å². The van der Waals surface area contributed by atoms with Gasteiger partial charge in [0.1, 0.15) is 5.76 Å². The van der Waals surface area contributed by atoms with E-state index in [0.29, 0.717) is 32.8 Å². The van der Waals surface area contributed by atoms with Crippen LogP contribution in [0.15, 0.2) is 34.2 Å². The molecule has 7 nitrogen and oxygen atoms in total. The molecule has 0 aliphatic rings. The minimum atomic E-state index is -3.41. The summed E-state index contributed by atoms with van der Waals surface area (Å²) in [6.07, 6.45) is 3.25. The number of hydrogen-bond donors (Lipinski definition) is 0. The van der Waals surface area contributed by atoms with Gasteiger partial charge >= 0.3 is 0 Å². The van der Waals surface area contributed by atoms with Crippen LogP contribution in [-0.4, -0.2) is 48.9 Å². The molecule has 2 heterocycles. The highest BCUT2D eigenvalue weighted by molar-refractivity contribution is 7.91. The number of rotatable bonds is 10. The second-order valence-corrected chi connectivity index (χ2v) is 7.90. The lowest BCUT2D eigenvalue weighted by atomic mass is 10.3. The summed E-state index contributed by atoms with van der Waals surface area (Å²) in [7, 11) is -1.82. The Labute approximate surface area is 154 Å². The topological polar surface area (TPSA) is 77.6 Å². The number of methoxy groups -OCH3 is 1. The highest BCUT2D eigenvalue weighted by Crippen LogP contribution is 2.16. The van der Waals surface area contributed by atoms with Gasteiger partial charge in [-0.3, -0.25) is 4.90 Å². The van der Waals surface area contributed by atoms with E-state index in [1.807, 2.05) is 12.1 Å². The molecule has 8 heteroatoms. The van der Waals surface area contributed by atoms with Gasteiger partial charge in [0, 0.05) is 20.2 Å². The number of nitrogens with zero attached hydrogens (tertiary/aromatic N) is 3. The predicted molar refractivity (Wildman–Crippen MR) is 98.1 cm³/mol. The van der Waals surface area contributed by atoms with E-state index >= 15 is 0 Å². The molecule has 0 unspecified atom stereocenters. The number of furan rings is 1. The fourth-order valence-corrected chi connectivity index (χ4v) is 3.54. The van der Waals surface area contributed by atoms with Crippen molar-refractivity contribution in [2.24, 2.45) is 0 Å². The molecule has 0 fully saturated rings. The van der Waals surface area contributed by atoms with Crippen molar-refractivity contribution in [2.75, 3.05) is 26.0 Å². The number of aromatic nitrogens is 2. The van der Waals surface area contributed by atoms with Crippen LogP contribution < -0.4 is 0 Å². The molecular weight excluding hydrogens is 354 g/mol. The van der Waals surface area contributed by atoms with Gasteiger partial charge in [-0.1, -0.05) is 12.8 Å². The molecule has 2 aromatic rings. The monoisotopic (exact) mass is 379 g/mol. The third kappa shape index (κ3) is 5.21. The maximum absolute atomic E-state index is 12.3. The molecule has 2 rings (SSSR count). The molecule has 0 saturated heterocycles. The summed E-state index contributed by atoms with van der Waals surface area (Å²) in [5, 5.41) is 0.0894. The Bertz CT molecular complexity index is 845. The summed E-state index contributed by atoms with van der Waals surface area (Å²) in [4.78, 5) is 6.26. The first-order valence-corrected chi connectivity index (χ1v) is 10.1. The van der Waals surface area contributed by atoms with Gasteiger partial charge in [0.05, 0.1) is 43.6 Å². The Kier molecular flexibility index (Phi) is 7.45. The molecule has 0 saturated carbocycles. The molecule has 0 aliphatic carbocycles. The van der Waals surface area contributed by atoms with Crippen LogP contribution in [0.25, 0.3) is 0 Å². The second-order valence-electron chi connectivity index (χ2n) is 5.73. The summed E-state index contributed by atoms with van der Waals surface area (Å²) in [6, 6.07) is 3.75. The lowest BCUT2D eigenvalue weighted by Crippen LogP contribution is -2.26. The molecule has 142 valence electrons. The molecule has 26 heavy (non-hydrogen) atoms. The van der Waals surface area contributed by atoms with E-state index in [-0.39, 0.29) is 10.9 Å². The average molecular weight is 379 g/mol. The molecule has 0 N–H and O–H groups in total. The molecule has 2 aromatic heterocycles. The predicted octanol–water partition coefficient (Wildman–Crippen LogP) is 1.94. The Morgan fingerprint density at radius 3 is 2.81 bits per heavy atom. The van der Waals surface area contributed by atoms with Crippen LogP contribution in [0.3, 0.4) is 0 Å². The molecule has 0 aliphatic heterocycles.